The Balaban J connectivity index is 2.16. The lowest BCUT2D eigenvalue weighted by Crippen LogP contribution is -2.22. The first kappa shape index (κ1) is 15.1. The van der Waals surface area contributed by atoms with Gasteiger partial charge < -0.3 is 0 Å². The highest BCUT2D eigenvalue weighted by atomic mass is 19.1. The molecule has 0 aromatic heterocycles. The Morgan fingerprint density at radius 2 is 1.81 bits per heavy atom. The second-order valence-electron chi connectivity index (χ2n) is 5.03. The predicted octanol–water partition coefficient (Wildman–Crippen LogP) is 3.93. The minimum atomic E-state index is -0.369. The average Bonchev–Trinajstić information content (AvgIpc) is 2.47. The van der Waals surface area contributed by atoms with Crippen LogP contribution in [0.25, 0.3) is 0 Å². The number of hydrogen-bond acceptors (Lipinski definition) is 3. The molecule has 0 fully saturated rings. The van der Waals surface area contributed by atoms with Gasteiger partial charge in [-0.05, 0) is 31.7 Å². The molecule has 0 amide bonds. The lowest BCUT2D eigenvalue weighted by Gasteiger charge is -2.25. The summed E-state index contributed by atoms with van der Waals surface area (Å²) < 4.78 is 13.0. The van der Waals surface area contributed by atoms with Gasteiger partial charge in [0.15, 0.2) is 0 Å². The van der Waals surface area contributed by atoms with Crippen molar-refractivity contribution in [2.24, 2.45) is 0 Å². The van der Waals surface area contributed by atoms with Gasteiger partial charge in [0.2, 0.25) is 0 Å². The lowest BCUT2D eigenvalue weighted by molar-refractivity contribution is -0.385. The summed E-state index contributed by atoms with van der Waals surface area (Å²) in [5.74, 6) is -0.271. The van der Waals surface area contributed by atoms with Crippen LogP contribution in [0.15, 0.2) is 48.5 Å². The standard InChI is InChI=1S/C16H17FN2O2/c1-12(13-7-9-15(17)10-8-13)18(2)11-14-5-3-4-6-16(14)19(20)21/h3-10,12H,11H2,1-2H3. The molecule has 2 rings (SSSR count). The van der Waals surface area contributed by atoms with Gasteiger partial charge in [0.25, 0.3) is 5.69 Å². The van der Waals surface area contributed by atoms with E-state index in [0.29, 0.717) is 12.1 Å². The third-order valence-corrected chi connectivity index (χ3v) is 3.62. The smallest absolute Gasteiger partial charge is 0.273 e. The maximum Gasteiger partial charge on any atom is 0.273 e. The van der Waals surface area contributed by atoms with Crippen molar-refractivity contribution in [1.82, 2.24) is 4.90 Å². The van der Waals surface area contributed by atoms with Crippen LogP contribution in [0.5, 0.6) is 0 Å². The molecule has 1 unspecified atom stereocenters. The van der Waals surface area contributed by atoms with E-state index in [0.717, 1.165) is 5.56 Å². The van der Waals surface area contributed by atoms with E-state index in [4.69, 9.17) is 0 Å². The Bertz CT molecular complexity index is 628. The van der Waals surface area contributed by atoms with Gasteiger partial charge in [0, 0.05) is 24.2 Å². The number of nitrogens with zero attached hydrogens (tertiary/aromatic N) is 2. The highest BCUT2D eigenvalue weighted by Crippen LogP contribution is 2.24. The third kappa shape index (κ3) is 3.64. The summed E-state index contributed by atoms with van der Waals surface area (Å²) in [5, 5.41) is 11.0. The van der Waals surface area contributed by atoms with Gasteiger partial charge in [-0.15, -0.1) is 0 Å². The largest absolute Gasteiger partial charge is 0.295 e. The normalized spacial score (nSPS) is 12.4. The second kappa shape index (κ2) is 6.45. The van der Waals surface area contributed by atoms with E-state index < -0.39 is 0 Å². The third-order valence-electron chi connectivity index (χ3n) is 3.62. The van der Waals surface area contributed by atoms with E-state index in [1.54, 1.807) is 30.3 Å². The number of halogens is 1. The van der Waals surface area contributed by atoms with Crippen molar-refractivity contribution in [3.05, 3.63) is 75.6 Å². The van der Waals surface area contributed by atoms with Crippen LogP contribution in [0.4, 0.5) is 10.1 Å². The monoisotopic (exact) mass is 288 g/mol. The minimum Gasteiger partial charge on any atom is -0.295 e. The molecule has 0 radical (unpaired) electrons. The van der Waals surface area contributed by atoms with Gasteiger partial charge in [0.05, 0.1) is 4.92 Å². The van der Waals surface area contributed by atoms with Gasteiger partial charge in [-0.1, -0.05) is 30.3 Å². The summed E-state index contributed by atoms with van der Waals surface area (Å²) in [5.41, 5.74) is 1.76. The average molecular weight is 288 g/mol. The highest BCUT2D eigenvalue weighted by Gasteiger charge is 2.17. The van der Waals surface area contributed by atoms with Crippen LogP contribution in [-0.2, 0) is 6.54 Å². The fraction of sp³-hybridized carbons (Fsp3) is 0.250. The molecule has 0 saturated heterocycles. The number of rotatable bonds is 5. The zero-order valence-electron chi connectivity index (χ0n) is 12.0. The Morgan fingerprint density at radius 3 is 2.43 bits per heavy atom. The number of benzene rings is 2. The SMILES string of the molecule is CC(c1ccc(F)cc1)N(C)Cc1ccccc1[N+](=O)[O-]. The molecule has 0 aliphatic rings. The molecule has 4 nitrogen and oxygen atoms in total. The zero-order chi connectivity index (χ0) is 15.4. The van der Waals surface area contributed by atoms with Crippen molar-refractivity contribution in [3.8, 4) is 0 Å². The number of nitro benzene ring substituents is 1. The fourth-order valence-corrected chi connectivity index (χ4v) is 2.22. The fourth-order valence-electron chi connectivity index (χ4n) is 2.22. The Morgan fingerprint density at radius 1 is 1.19 bits per heavy atom. The molecule has 0 N–H and O–H groups in total. The summed E-state index contributed by atoms with van der Waals surface area (Å²) in [7, 11) is 1.89. The van der Waals surface area contributed by atoms with Gasteiger partial charge >= 0.3 is 0 Å². The number of hydrogen-bond donors (Lipinski definition) is 0. The molecule has 0 saturated carbocycles. The van der Waals surface area contributed by atoms with Crippen LogP contribution >= 0.6 is 0 Å². The second-order valence-corrected chi connectivity index (χ2v) is 5.03. The summed E-state index contributed by atoms with van der Waals surface area (Å²) in [6, 6.07) is 13.0. The summed E-state index contributed by atoms with van der Waals surface area (Å²) in [6.07, 6.45) is 0. The Labute approximate surface area is 123 Å². The molecule has 2 aromatic carbocycles. The molecule has 5 heteroatoms. The molecule has 21 heavy (non-hydrogen) atoms. The first-order valence-corrected chi connectivity index (χ1v) is 6.67. The minimum absolute atomic E-state index is 0.0328. The molecule has 0 aliphatic heterocycles. The van der Waals surface area contributed by atoms with Crippen LogP contribution in [0.1, 0.15) is 24.1 Å². The zero-order valence-corrected chi connectivity index (χ0v) is 12.0. The Hall–Kier alpha value is -2.27. The summed E-state index contributed by atoms with van der Waals surface area (Å²) >= 11 is 0. The van der Waals surface area contributed by atoms with Crippen molar-refractivity contribution in [2.75, 3.05) is 7.05 Å². The van der Waals surface area contributed by atoms with Crippen molar-refractivity contribution in [2.45, 2.75) is 19.5 Å². The maximum absolute atomic E-state index is 13.0. The van der Waals surface area contributed by atoms with Crippen LogP contribution in [0.2, 0.25) is 0 Å². The van der Waals surface area contributed by atoms with Gasteiger partial charge in [-0.25, -0.2) is 4.39 Å². The van der Waals surface area contributed by atoms with Crippen molar-refractivity contribution >= 4 is 5.69 Å². The van der Waals surface area contributed by atoms with Crippen molar-refractivity contribution in [1.29, 1.82) is 0 Å². The molecule has 110 valence electrons. The van der Waals surface area contributed by atoms with E-state index in [9.17, 15) is 14.5 Å². The number of para-hydroxylation sites is 1. The molecule has 1 atom stereocenters. The number of nitro groups is 1. The molecule has 0 aliphatic carbocycles. The Kier molecular flexibility index (Phi) is 4.65. The van der Waals surface area contributed by atoms with Crippen LogP contribution in [-0.4, -0.2) is 16.9 Å². The van der Waals surface area contributed by atoms with Crippen molar-refractivity contribution < 1.29 is 9.31 Å². The van der Waals surface area contributed by atoms with E-state index in [1.165, 1.54) is 18.2 Å². The van der Waals surface area contributed by atoms with Gasteiger partial charge in [0.1, 0.15) is 5.82 Å². The quantitative estimate of drug-likeness (QED) is 0.618. The van der Waals surface area contributed by atoms with E-state index in [2.05, 4.69) is 0 Å². The molecule has 0 bridgehead atoms. The van der Waals surface area contributed by atoms with E-state index >= 15 is 0 Å². The van der Waals surface area contributed by atoms with Crippen LogP contribution < -0.4 is 0 Å². The van der Waals surface area contributed by atoms with Crippen molar-refractivity contribution in [3.63, 3.8) is 0 Å². The first-order chi connectivity index (χ1) is 9.99. The van der Waals surface area contributed by atoms with Crippen LogP contribution in [0, 0.1) is 15.9 Å². The molecule has 2 aromatic rings. The maximum atomic E-state index is 13.0. The summed E-state index contributed by atoms with van der Waals surface area (Å²) in [6.45, 7) is 2.44. The van der Waals surface area contributed by atoms with Crippen LogP contribution in [0.3, 0.4) is 0 Å². The summed E-state index contributed by atoms with van der Waals surface area (Å²) in [4.78, 5) is 12.7. The van der Waals surface area contributed by atoms with E-state index in [-0.39, 0.29) is 22.5 Å². The topological polar surface area (TPSA) is 46.4 Å². The van der Waals surface area contributed by atoms with Gasteiger partial charge in [-0.3, -0.25) is 15.0 Å². The van der Waals surface area contributed by atoms with E-state index in [1.807, 2.05) is 18.9 Å². The molecular formula is C16H17FN2O2. The molecule has 0 heterocycles. The lowest BCUT2D eigenvalue weighted by atomic mass is 10.1. The molecule has 0 spiro atoms. The molecular weight excluding hydrogens is 271 g/mol. The predicted molar refractivity (Wildman–Crippen MR) is 79.4 cm³/mol. The van der Waals surface area contributed by atoms with Gasteiger partial charge in [-0.2, -0.15) is 0 Å². The first-order valence-electron chi connectivity index (χ1n) is 6.67. The highest BCUT2D eigenvalue weighted by molar-refractivity contribution is 5.39.